The van der Waals surface area contributed by atoms with E-state index in [1.54, 1.807) is 0 Å². The highest BCUT2D eigenvalue weighted by Crippen LogP contribution is 2.64. The first-order valence-corrected chi connectivity index (χ1v) is 9.96. The molecule has 3 aliphatic carbocycles. The first kappa shape index (κ1) is 17.1. The van der Waals surface area contributed by atoms with Crippen molar-refractivity contribution in [2.24, 2.45) is 28.6 Å². The zero-order valence-corrected chi connectivity index (χ0v) is 16.1. The summed E-state index contributed by atoms with van der Waals surface area (Å²) in [7, 11) is 3.94. The Hall–Kier alpha value is -1.32. The normalized spacial score (nSPS) is 48.6. The summed E-state index contributed by atoms with van der Waals surface area (Å²) in [6.07, 6.45) is 12.2. The highest BCUT2D eigenvalue weighted by molar-refractivity contribution is 5.89. The van der Waals surface area contributed by atoms with Crippen molar-refractivity contribution >= 4 is 12.3 Å². The SMILES string of the molecule is CN(C=O)[C@H]1CCC2C3CC[C@H]4N(C)C(=O)C=C[C@]4(C)C3CC[C@@]21C. The Morgan fingerprint density at radius 3 is 2.64 bits per heavy atom. The Morgan fingerprint density at radius 1 is 1.16 bits per heavy atom. The van der Waals surface area contributed by atoms with Gasteiger partial charge in [-0.3, -0.25) is 9.59 Å². The van der Waals surface area contributed by atoms with E-state index >= 15 is 0 Å². The van der Waals surface area contributed by atoms with Gasteiger partial charge in [0.15, 0.2) is 0 Å². The molecular weight excluding hydrogens is 312 g/mol. The van der Waals surface area contributed by atoms with Crippen LogP contribution in [0.25, 0.3) is 0 Å². The predicted molar refractivity (Wildman–Crippen MR) is 97.7 cm³/mol. The van der Waals surface area contributed by atoms with Crippen LogP contribution in [0.4, 0.5) is 0 Å². The van der Waals surface area contributed by atoms with Gasteiger partial charge < -0.3 is 9.80 Å². The fourth-order valence-corrected chi connectivity index (χ4v) is 7.45. The van der Waals surface area contributed by atoms with Gasteiger partial charge >= 0.3 is 0 Å². The molecule has 7 atom stereocenters. The third kappa shape index (κ3) is 2.18. The number of hydrogen-bond donors (Lipinski definition) is 0. The summed E-state index contributed by atoms with van der Waals surface area (Å²) in [6, 6.07) is 0.748. The summed E-state index contributed by atoms with van der Waals surface area (Å²) in [5.74, 6) is 2.27. The lowest BCUT2D eigenvalue weighted by Gasteiger charge is -2.60. The second kappa shape index (κ2) is 5.59. The minimum atomic E-state index is 0.113. The van der Waals surface area contributed by atoms with E-state index in [0.29, 0.717) is 23.9 Å². The first-order chi connectivity index (χ1) is 11.8. The molecule has 0 saturated heterocycles. The molecular formula is C21H32N2O2. The van der Waals surface area contributed by atoms with Crippen LogP contribution >= 0.6 is 0 Å². The van der Waals surface area contributed by atoms with E-state index in [9.17, 15) is 9.59 Å². The van der Waals surface area contributed by atoms with Crippen LogP contribution in [0.5, 0.6) is 0 Å². The van der Waals surface area contributed by atoms with E-state index in [-0.39, 0.29) is 16.7 Å². The molecule has 4 nitrogen and oxygen atoms in total. The molecule has 0 aromatic heterocycles. The standard InChI is InChI=1S/C21H32N2O2/c1-20-11-9-16-14(15(20)6-8-17(20)22(3)13-24)5-7-18-21(16,2)12-10-19(25)23(18)4/h10,12-18H,5-9,11H2,1-4H3/t14?,15?,16?,17-,18+,20-,21+/m0/s1. The Labute approximate surface area is 151 Å². The molecule has 25 heavy (non-hydrogen) atoms. The van der Waals surface area contributed by atoms with Gasteiger partial charge in [0.05, 0.1) is 0 Å². The minimum Gasteiger partial charge on any atom is -0.345 e. The van der Waals surface area contributed by atoms with Crippen LogP contribution in [0.1, 0.15) is 52.4 Å². The molecule has 0 radical (unpaired) electrons. The average molecular weight is 344 g/mol. The molecule has 4 aliphatic rings. The molecule has 2 amide bonds. The monoisotopic (exact) mass is 344 g/mol. The number of amides is 2. The van der Waals surface area contributed by atoms with Gasteiger partial charge in [-0.2, -0.15) is 0 Å². The second-order valence-corrected chi connectivity index (χ2v) is 9.53. The van der Waals surface area contributed by atoms with Crippen molar-refractivity contribution in [3.05, 3.63) is 12.2 Å². The largest absolute Gasteiger partial charge is 0.345 e. The van der Waals surface area contributed by atoms with Gasteiger partial charge in [-0.15, -0.1) is 0 Å². The van der Waals surface area contributed by atoms with E-state index in [1.807, 2.05) is 30.0 Å². The Bertz CT molecular complexity index is 617. The molecule has 0 aromatic rings. The van der Waals surface area contributed by atoms with Crippen LogP contribution in [0.15, 0.2) is 12.2 Å². The number of rotatable bonds is 2. The van der Waals surface area contributed by atoms with Crippen LogP contribution < -0.4 is 0 Å². The van der Waals surface area contributed by atoms with Crippen molar-refractivity contribution in [1.29, 1.82) is 0 Å². The van der Waals surface area contributed by atoms with Crippen LogP contribution in [-0.2, 0) is 9.59 Å². The molecule has 0 aromatic carbocycles. The molecule has 3 saturated carbocycles. The Kier molecular flexibility index (Phi) is 3.82. The predicted octanol–water partition coefficient (Wildman–Crippen LogP) is 3.08. The number of nitrogens with zero attached hydrogens (tertiary/aromatic N) is 2. The number of likely N-dealkylation sites (N-methyl/N-ethyl adjacent to an activating group) is 1. The summed E-state index contributed by atoms with van der Waals surface area (Å²) in [6.45, 7) is 4.83. The van der Waals surface area contributed by atoms with Crippen LogP contribution in [-0.4, -0.2) is 48.3 Å². The number of carbonyl (C=O) groups is 2. The van der Waals surface area contributed by atoms with Gasteiger partial charge in [0.25, 0.3) is 0 Å². The summed E-state index contributed by atoms with van der Waals surface area (Å²) >= 11 is 0. The van der Waals surface area contributed by atoms with Crippen molar-refractivity contribution in [3.8, 4) is 0 Å². The molecule has 0 bridgehead atoms. The maximum Gasteiger partial charge on any atom is 0.246 e. The number of fused-ring (bicyclic) bond motifs is 5. The molecule has 3 unspecified atom stereocenters. The number of hydrogen-bond acceptors (Lipinski definition) is 2. The third-order valence-electron chi connectivity index (χ3n) is 8.74. The molecule has 0 spiro atoms. The molecule has 138 valence electrons. The molecule has 1 aliphatic heterocycles. The number of carbonyl (C=O) groups excluding carboxylic acids is 2. The quantitative estimate of drug-likeness (QED) is 0.722. The fourth-order valence-electron chi connectivity index (χ4n) is 7.45. The fraction of sp³-hybridized carbons (Fsp3) is 0.810. The molecule has 4 rings (SSSR count). The van der Waals surface area contributed by atoms with Gasteiger partial charge in [0, 0.05) is 31.6 Å². The minimum absolute atomic E-state index is 0.113. The topological polar surface area (TPSA) is 40.6 Å². The van der Waals surface area contributed by atoms with Crippen molar-refractivity contribution in [3.63, 3.8) is 0 Å². The van der Waals surface area contributed by atoms with Gasteiger partial charge in [-0.05, 0) is 67.8 Å². The van der Waals surface area contributed by atoms with Crippen molar-refractivity contribution in [1.82, 2.24) is 9.80 Å². The molecule has 1 heterocycles. The van der Waals surface area contributed by atoms with Gasteiger partial charge in [0.2, 0.25) is 12.3 Å². The lowest BCUT2D eigenvalue weighted by atomic mass is 9.48. The first-order valence-electron chi connectivity index (χ1n) is 9.96. The maximum absolute atomic E-state index is 12.1. The Balaban J connectivity index is 1.65. The summed E-state index contributed by atoms with van der Waals surface area (Å²) in [4.78, 5) is 27.4. The molecule has 0 N–H and O–H groups in total. The van der Waals surface area contributed by atoms with Gasteiger partial charge in [-0.1, -0.05) is 19.9 Å². The summed E-state index contributed by atoms with van der Waals surface area (Å²) in [5, 5.41) is 0. The third-order valence-corrected chi connectivity index (χ3v) is 8.74. The van der Waals surface area contributed by atoms with Crippen LogP contribution in [0.2, 0.25) is 0 Å². The van der Waals surface area contributed by atoms with E-state index < -0.39 is 0 Å². The van der Waals surface area contributed by atoms with Crippen molar-refractivity contribution < 1.29 is 9.59 Å². The van der Waals surface area contributed by atoms with Gasteiger partial charge in [0.1, 0.15) is 0 Å². The lowest BCUT2D eigenvalue weighted by Crippen LogP contribution is -2.60. The van der Waals surface area contributed by atoms with E-state index in [1.165, 1.54) is 25.7 Å². The van der Waals surface area contributed by atoms with E-state index in [0.717, 1.165) is 25.2 Å². The zero-order chi connectivity index (χ0) is 18.0. The smallest absolute Gasteiger partial charge is 0.246 e. The van der Waals surface area contributed by atoms with E-state index in [4.69, 9.17) is 0 Å². The Morgan fingerprint density at radius 2 is 1.92 bits per heavy atom. The second-order valence-electron chi connectivity index (χ2n) is 9.53. The van der Waals surface area contributed by atoms with Crippen LogP contribution in [0.3, 0.4) is 0 Å². The van der Waals surface area contributed by atoms with Crippen molar-refractivity contribution in [2.75, 3.05) is 14.1 Å². The maximum atomic E-state index is 12.1. The summed E-state index contributed by atoms with van der Waals surface area (Å²) < 4.78 is 0. The highest BCUT2D eigenvalue weighted by Gasteiger charge is 2.60. The molecule has 4 heteroatoms. The van der Waals surface area contributed by atoms with Gasteiger partial charge in [-0.25, -0.2) is 0 Å². The molecule has 3 fully saturated rings. The average Bonchev–Trinajstić information content (AvgIpc) is 2.95. The van der Waals surface area contributed by atoms with Crippen LogP contribution in [0, 0.1) is 28.6 Å². The summed E-state index contributed by atoms with van der Waals surface area (Å²) in [5.41, 5.74) is 0.377. The zero-order valence-electron chi connectivity index (χ0n) is 16.1. The highest BCUT2D eigenvalue weighted by atomic mass is 16.2. The van der Waals surface area contributed by atoms with E-state index in [2.05, 4.69) is 19.9 Å². The lowest BCUT2D eigenvalue weighted by molar-refractivity contribution is -0.139. The van der Waals surface area contributed by atoms with Crippen molar-refractivity contribution in [2.45, 2.75) is 64.5 Å².